The maximum atomic E-state index is 13.3. The van der Waals surface area contributed by atoms with Gasteiger partial charge < -0.3 is 5.11 Å². The third-order valence-electron chi connectivity index (χ3n) is 2.49. The first-order chi connectivity index (χ1) is 9.29. The molecule has 0 aliphatic heterocycles. The zero-order valence-corrected chi connectivity index (χ0v) is 13.1. The number of thiophene rings is 1. The quantitative estimate of drug-likeness (QED) is 0.828. The fourth-order valence-corrected chi connectivity index (χ4v) is 4.75. The fraction of sp³-hybridized carbons (Fsp3) is 0.0833. The molecule has 0 radical (unpaired) electrons. The average molecular weight is 379 g/mol. The topological polar surface area (TPSA) is 71.4 Å². The SMILES string of the molecule is O=C(O)c1cc(S(=O)(=O)Cc2ccc(Br)s2)ccc1F. The zero-order chi connectivity index (χ0) is 14.9. The molecule has 4 nitrogen and oxygen atoms in total. The zero-order valence-electron chi connectivity index (χ0n) is 9.84. The second-order valence-corrected chi connectivity index (χ2v) is 8.45. The van der Waals surface area contributed by atoms with Crippen LogP contribution in [-0.2, 0) is 15.6 Å². The summed E-state index contributed by atoms with van der Waals surface area (Å²) in [5.74, 6) is -2.72. The summed E-state index contributed by atoms with van der Waals surface area (Å²) in [4.78, 5) is 11.2. The van der Waals surface area contributed by atoms with E-state index in [-0.39, 0.29) is 10.6 Å². The van der Waals surface area contributed by atoms with Crippen molar-refractivity contribution < 1.29 is 22.7 Å². The Morgan fingerprint density at radius 1 is 1.30 bits per heavy atom. The van der Waals surface area contributed by atoms with Crippen molar-refractivity contribution in [1.82, 2.24) is 0 Å². The number of carboxylic acid groups (broad SMARTS) is 1. The first-order valence-electron chi connectivity index (χ1n) is 5.29. The van der Waals surface area contributed by atoms with Gasteiger partial charge in [0.15, 0.2) is 9.84 Å². The Morgan fingerprint density at radius 2 is 2.00 bits per heavy atom. The molecule has 0 bridgehead atoms. The molecule has 2 aromatic rings. The lowest BCUT2D eigenvalue weighted by Gasteiger charge is -2.05. The molecule has 0 fully saturated rings. The van der Waals surface area contributed by atoms with Crippen molar-refractivity contribution in [2.45, 2.75) is 10.6 Å². The molecular weight excluding hydrogens is 371 g/mol. The van der Waals surface area contributed by atoms with Crippen molar-refractivity contribution in [3.63, 3.8) is 0 Å². The number of carboxylic acids is 1. The molecule has 8 heteroatoms. The van der Waals surface area contributed by atoms with Crippen molar-refractivity contribution in [3.8, 4) is 0 Å². The Bertz CT molecular complexity index is 768. The number of sulfone groups is 1. The molecule has 0 saturated carbocycles. The van der Waals surface area contributed by atoms with Gasteiger partial charge in [0.2, 0.25) is 0 Å². The number of hydrogen-bond donors (Lipinski definition) is 1. The van der Waals surface area contributed by atoms with E-state index < -0.39 is 27.2 Å². The highest BCUT2D eigenvalue weighted by Gasteiger charge is 2.20. The van der Waals surface area contributed by atoms with E-state index in [1.807, 2.05) is 0 Å². The van der Waals surface area contributed by atoms with Crippen LogP contribution in [0.3, 0.4) is 0 Å². The Balaban J connectivity index is 2.39. The van der Waals surface area contributed by atoms with E-state index in [2.05, 4.69) is 15.9 Å². The van der Waals surface area contributed by atoms with Gasteiger partial charge in [-0.25, -0.2) is 17.6 Å². The number of carbonyl (C=O) groups is 1. The van der Waals surface area contributed by atoms with E-state index in [1.54, 1.807) is 12.1 Å². The molecule has 1 N–H and O–H groups in total. The van der Waals surface area contributed by atoms with Gasteiger partial charge in [-0.2, -0.15) is 0 Å². The molecule has 0 saturated heterocycles. The number of rotatable bonds is 4. The van der Waals surface area contributed by atoms with Gasteiger partial charge in [-0.1, -0.05) is 0 Å². The lowest BCUT2D eigenvalue weighted by molar-refractivity contribution is 0.0691. The number of benzene rings is 1. The molecule has 1 heterocycles. The lowest BCUT2D eigenvalue weighted by atomic mass is 10.2. The molecule has 106 valence electrons. The van der Waals surface area contributed by atoms with Gasteiger partial charge in [-0.3, -0.25) is 0 Å². The highest BCUT2D eigenvalue weighted by atomic mass is 79.9. The van der Waals surface area contributed by atoms with Crippen molar-refractivity contribution >= 4 is 43.1 Å². The van der Waals surface area contributed by atoms with Gasteiger partial charge in [0.25, 0.3) is 0 Å². The average Bonchev–Trinajstić information content (AvgIpc) is 2.73. The van der Waals surface area contributed by atoms with Crippen molar-refractivity contribution in [2.75, 3.05) is 0 Å². The van der Waals surface area contributed by atoms with Crippen LogP contribution >= 0.6 is 27.3 Å². The van der Waals surface area contributed by atoms with Crippen molar-refractivity contribution in [3.05, 3.63) is 50.4 Å². The molecule has 0 spiro atoms. The van der Waals surface area contributed by atoms with E-state index in [1.165, 1.54) is 11.3 Å². The Kier molecular flexibility index (Phi) is 4.26. The van der Waals surface area contributed by atoms with E-state index in [9.17, 15) is 17.6 Å². The van der Waals surface area contributed by atoms with Gasteiger partial charge in [-0.05, 0) is 46.3 Å². The third kappa shape index (κ3) is 3.25. The van der Waals surface area contributed by atoms with E-state index in [4.69, 9.17) is 5.11 Å². The third-order valence-corrected chi connectivity index (χ3v) is 5.96. The van der Waals surface area contributed by atoms with Crippen LogP contribution in [0.15, 0.2) is 39.0 Å². The maximum absolute atomic E-state index is 13.3. The minimum atomic E-state index is -3.71. The van der Waals surface area contributed by atoms with Crippen LogP contribution in [0.25, 0.3) is 0 Å². The number of halogens is 2. The molecule has 0 aliphatic rings. The van der Waals surface area contributed by atoms with Crippen LogP contribution < -0.4 is 0 Å². The monoisotopic (exact) mass is 378 g/mol. The summed E-state index contributed by atoms with van der Waals surface area (Å²) >= 11 is 4.50. The summed E-state index contributed by atoms with van der Waals surface area (Å²) in [6.07, 6.45) is 0. The minimum absolute atomic E-state index is 0.208. The maximum Gasteiger partial charge on any atom is 0.338 e. The van der Waals surface area contributed by atoms with E-state index in [0.29, 0.717) is 4.88 Å². The molecule has 0 atom stereocenters. The molecule has 2 rings (SSSR count). The molecular formula is C12H8BrFO4S2. The normalized spacial score (nSPS) is 11.5. The summed E-state index contributed by atoms with van der Waals surface area (Å²) in [7, 11) is -3.71. The molecule has 1 aromatic heterocycles. The van der Waals surface area contributed by atoms with Gasteiger partial charge in [0.1, 0.15) is 5.82 Å². The van der Waals surface area contributed by atoms with E-state index in [0.717, 1.165) is 22.0 Å². The number of aromatic carboxylic acids is 1. The molecule has 1 aromatic carbocycles. The van der Waals surface area contributed by atoms with Crippen molar-refractivity contribution in [1.29, 1.82) is 0 Å². The van der Waals surface area contributed by atoms with E-state index >= 15 is 0 Å². The predicted molar refractivity (Wildman–Crippen MR) is 76.3 cm³/mol. The van der Waals surface area contributed by atoms with Crippen LogP contribution in [0.5, 0.6) is 0 Å². The smallest absolute Gasteiger partial charge is 0.338 e. The van der Waals surface area contributed by atoms with Crippen LogP contribution in [0.4, 0.5) is 4.39 Å². The Morgan fingerprint density at radius 3 is 2.55 bits per heavy atom. The molecule has 20 heavy (non-hydrogen) atoms. The second-order valence-electron chi connectivity index (χ2n) is 3.91. The van der Waals surface area contributed by atoms with Gasteiger partial charge >= 0.3 is 5.97 Å². The largest absolute Gasteiger partial charge is 0.478 e. The first-order valence-corrected chi connectivity index (χ1v) is 8.55. The molecule has 0 unspecified atom stereocenters. The lowest BCUT2D eigenvalue weighted by Crippen LogP contribution is -2.07. The van der Waals surface area contributed by atoms with Gasteiger partial charge in [0, 0.05) is 4.88 Å². The first kappa shape index (κ1) is 15.1. The summed E-state index contributed by atoms with van der Waals surface area (Å²) in [5.41, 5.74) is -0.654. The standard InChI is InChI=1S/C12H8BrFO4S2/c13-11-4-1-7(19-11)6-20(17,18)8-2-3-10(14)9(5-8)12(15)16/h1-5H,6H2,(H,15,16). The molecule has 0 aliphatic carbocycles. The molecule has 0 amide bonds. The van der Waals surface area contributed by atoms with Gasteiger partial charge in [-0.15, -0.1) is 11.3 Å². The fourth-order valence-electron chi connectivity index (χ4n) is 1.56. The number of hydrogen-bond acceptors (Lipinski definition) is 4. The summed E-state index contributed by atoms with van der Waals surface area (Å²) in [6, 6.07) is 6.15. The van der Waals surface area contributed by atoms with Crippen LogP contribution in [0.2, 0.25) is 0 Å². The van der Waals surface area contributed by atoms with Crippen LogP contribution in [0, 0.1) is 5.82 Å². The Hall–Kier alpha value is -1.25. The summed E-state index contributed by atoms with van der Waals surface area (Å²) in [6.45, 7) is 0. The minimum Gasteiger partial charge on any atom is -0.478 e. The van der Waals surface area contributed by atoms with Crippen molar-refractivity contribution in [2.24, 2.45) is 0 Å². The van der Waals surface area contributed by atoms with Crippen LogP contribution in [0.1, 0.15) is 15.2 Å². The summed E-state index contributed by atoms with van der Waals surface area (Å²) in [5, 5.41) is 8.81. The highest BCUT2D eigenvalue weighted by Crippen LogP contribution is 2.26. The highest BCUT2D eigenvalue weighted by molar-refractivity contribution is 9.11. The van der Waals surface area contributed by atoms with Gasteiger partial charge in [0.05, 0.1) is 20.0 Å². The Labute approximate surface area is 126 Å². The predicted octanol–water partition coefficient (Wildman–Crippen LogP) is 3.32. The summed E-state index contributed by atoms with van der Waals surface area (Å²) < 4.78 is 38.4. The second kappa shape index (κ2) is 5.63. The van der Waals surface area contributed by atoms with Crippen LogP contribution in [-0.4, -0.2) is 19.5 Å².